The summed E-state index contributed by atoms with van der Waals surface area (Å²) < 4.78 is 0. The highest BCUT2D eigenvalue weighted by molar-refractivity contribution is 6.31. The lowest BCUT2D eigenvalue weighted by Gasteiger charge is -2.00. The van der Waals surface area contributed by atoms with Gasteiger partial charge in [0.2, 0.25) is 0 Å². The normalized spacial score (nSPS) is 25.3. The summed E-state index contributed by atoms with van der Waals surface area (Å²) in [7, 11) is 0. The molecule has 0 aliphatic heterocycles. The van der Waals surface area contributed by atoms with E-state index in [1.807, 2.05) is 13.0 Å². The molecule has 0 amide bonds. The van der Waals surface area contributed by atoms with E-state index in [4.69, 9.17) is 11.6 Å². The molecule has 0 spiro atoms. The lowest BCUT2D eigenvalue weighted by atomic mass is 10.1. The number of carbonyl (C=O) groups excluding carboxylic acids is 1. The molecule has 0 bridgehead atoms. The minimum atomic E-state index is -0.160. The topological polar surface area (TPSA) is 17.1 Å². The van der Waals surface area contributed by atoms with Crippen LogP contribution in [0.2, 0.25) is 0 Å². The van der Waals surface area contributed by atoms with E-state index in [2.05, 4.69) is 0 Å². The van der Waals surface area contributed by atoms with Crippen LogP contribution < -0.4 is 0 Å². The Balaban J connectivity index is 2.81. The molecule has 1 rings (SSSR count). The number of hydrogen-bond donors (Lipinski definition) is 0. The van der Waals surface area contributed by atoms with Crippen LogP contribution in [0.15, 0.2) is 22.8 Å². The fourth-order valence-electron chi connectivity index (χ4n) is 0.808. The monoisotopic (exact) mass is 142 g/mol. The minimum Gasteiger partial charge on any atom is -0.302 e. The van der Waals surface area contributed by atoms with Gasteiger partial charge >= 0.3 is 0 Å². The van der Waals surface area contributed by atoms with Crippen molar-refractivity contribution in [1.29, 1.82) is 0 Å². The number of allylic oxidation sites excluding steroid dienone is 4. The quantitative estimate of drug-likeness (QED) is 0.511. The van der Waals surface area contributed by atoms with E-state index in [-0.39, 0.29) is 5.92 Å². The smallest absolute Gasteiger partial charge is 0.132 e. The molecular formula is C7H7ClO. The van der Waals surface area contributed by atoms with Gasteiger partial charge in [0.05, 0.1) is 5.92 Å². The zero-order valence-electron chi connectivity index (χ0n) is 5.10. The van der Waals surface area contributed by atoms with Crippen LogP contribution in [0.4, 0.5) is 0 Å². The van der Waals surface area contributed by atoms with Crippen LogP contribution in [0.3, 0.4) is 0 Å². The fraction of sp³-hybridized carbons (Fsp3) is 0.286. The van der Waals surface area contributed by atoms with Crippen molar-refractivity contribution in [3.05, 3.63) is 22.8 Å². The van der Waals surface area contributed by atoms with E-state index in [0.29, 0.717) is 5.03 Å². The summed E-state index contributed by atoms with van der Waals surface area (Å²) in [5.74, 6) is -0.160. The first-order valence-corrected chi connectivity index (χ1v) is 3.12. The van der Waals surface area contributed by atoms with Crippen molar-refractivity contribution in [2.45, 2.75) is 6.92 Å². The molecule has 1 nitrogen and oxygen atoms in total. The molecule has 0 saturated carbocycles. The summed E-state index contributed by atoms with van der Waals surface area (Å²) >= 11 is 5.65. The van der Waals surface area contributed by atoms with Gasteiger partial charge in [0, 0.05) is 5.03 Å². The van der Waals surface area contributed by atoms with Gasteiger partial charge in [0.15, 0.2) is 0 Å². The molecule has 0 unspecified atom stereocenters. The van der Waals surface area contributed by atoms with Crippen LogP contribution in [-0.4, -0.2) is 6.29 Å². The lowest BCUT2D eigenvalue weighted by molar-refractivity contribution is -0.109. The predicted octanol–water partition coefficient (Wildman–Crippen LogP) is 1.88. The summed E-state index contributed by atoms with van der Waals surface area (Å²) in [5, 5.41) is 0.627. The molecule has 0 fully saturated rings. The molecule has 48 valence electrons. The first-order chi connectivity index (χ1) is 4.25. The van der Waals surface area contributed by atoms with Crippen LogP contribution in [0, 0.1) is 5.92 Å². The van der Waals surface area contributed by atoms with E-state index in [9.17, 15) is 4.79 Å². The van der Waals surface area contributed by atoms with Gasteiger partial charge in [-0.2, -0.15) is 0 Å². The highest BCUT2D eigenvalue weighted by Crippen LogP contribution is 2.26. The molecule has 1 atom stereocenters. The summed E-state index contributed by atoms with van der Waals surface area (Å²) in [5.41, 5.74) is 1.02. The minimum absolute atomic E-state index is 0.160. The summed E-state index contributed by atoms with van der Waals surface area (Å²) in [4.78, 5) is 10.3. The number of aldehydes is 1. The maximum atomic E-state index is 10.3. The third-order valence-corrected chi connectivity index (χ3v) is 1.79. The maximum Gasteiger partial charge on any atom is 0.132 e. The van der Waals surface area contributed by atoms with Crippen molar-refractivity contribution in [3.63, 3.8) is 0 Å². The molecule has 0 aromatic heterocycles. The average Bonchev–Trinajstić information content (AvgIpc) is 2.12. The van der Waals surface area contributed by atoms with Gasteiger partial charge in [-0.3, -0.25) is 0 Å². The third kappa shape index (κ3) is 1.06. The van der Waals surface area contributed by atoms with Gasteiger partial charge in [-0.1, -0.05) is 23.3 Å². The van der Waals surface area contributed by atoms with Crippen LogP contribution in [0.1, 0.15) is 6.92 Å². The van der Waals surface area contributed by atoms with Gasteiger partial charge in [-0.05, 0) is 13.0 Å². The zero-order chi connectivity index (χ0) is 6.85. The second-order valence-corrected chi connectivity index (χ2v) is 2.51. The average molecular weight is 143 g/mol. The standard InChI is InChI=1S/C7H7ClO/c1-5-2-3-7(8)6(5)4-9/h2-4,6H,1H3/t6-/m0/s1. The molecule has 1 aliphatic rings. The van der Waals surface area contributed by atoms with Crippen molar-refractivity contribution in [2.24, 2.45) is 5.92 Å². The first kappa shape index (κ1) is 6.56. The Bertz CT molecular complexity index is 173. The Kier molecular flexibility index (Phi) is 1.72. The number of halogens is 1. The van der Waals surface area contributed by atoms with Gasteiger partial charge in [0.25, 0.3) is 0 Å². The van der Waals surface area contributed by atoms with Crippen molar-refractivity contribution in [3.8, 4) is 0 Å². The molecule has 0 N–H and O–H groups in total. The second kappa shape index (κ2) is 2.36. The van der Waals surface area contributed by atoms with Crippen LogP contribution in [0.5, 0.6) is 0 Å². The lowest BCUT2D eigenvalue weighted by Crippen LogP contribution is -1.98. The Morgan fingerprint density at radius 3 is 2.56 bits per heavy atom. The van der Waals surface area contributed by atoms with E-state index in [1.165, 1.54) is 0 Å². The second-order valence-electron chi connectivity index (χ2n) is 2.08. The highest BCUT2D eigenvalue weighted by Gasteiger charge is 2.16. The Labute approximate surface area is 59.0 Å². The first-order valence-electron chi connectivity index (χ1n) is 2.75. The Morgan fingerprint density at radius 2 is 2.33 bits per heavy atom. The molecule has 0 heterocycles. The third-order valence-electron chi connectivity index (χ3n) is 1.43. The highest BCUT2D eigenvalue weighted by atomic mass is 35.5. The molecular weight excluding hydrogens is 136 g/mol. The molecule has 0 radical (unpaired) electrons. The van der Waals surface area contributed by atoms with Crippen molar-refractivity contribution in [2.75, 3.05) is 0 Å². The molecule has 1 aliphatic carbocycles. The number of hydrogen-bond acceptors (Lipinski definition) is 1. The molecule has 0 aromatic carbocycles. The van der Waals surface area contributed by atoms with Gasteiger partial charge < -0.3 is 4.79 Å². The Morgan fingerprint density at radius 1 is 1.67 bits per heavy atom. The van der Waals surface area contributed by atoms with Gasteiger partial charge in [-0.25, -0.2) is 0 Å². The predicted molar refractivity (Wildman–Crippen MR) is 37.2 cm³/mol. The zero-order valence-corrected chi connectivity index (χ0v) is 5.85. The van der Waals surface area contributed by atoms with Crippen molar-refractivity contribution in [1.82, 2.24) is 0 Å². The summed E-state index contributed by atoms with van der Waals surface area (Å²) in [6.45, 7) is 1.89. The summed E-state index contributed by atoms with van der Waals surface area (Å²) in [6, 6.07) is 0. The summed E-state index contributed by atoms with van der Waals surface area (Å²) in [6.07, 6.45) is 4.48. The van der Waals surface area contributed by atoms with Crippen molar-refractivity contribution >= 4 is 17.9 Å². The van der Waals surface area contributed by atoms with Gasteiger partial charge in [-0.15, -0.1) is 0 Å². The molecule has 9 heavy (non-hydrogen) atoms. The SMILES string of the molecule is CC1=CC=C(Cl)[C@H]1C=O. The Hall–Kier alpha value is -0.560. The van der Waals surface area contributed by atoms with Gasteiger partial charge in [0.1, 0.15) is 6.29 Å². The van der Waals surface area contributed by atoms with E-state index in [1.54, 1.807) is 6.08 Å². The molecule has 2 heteroatoms. The van der Waals surface area contributed by atoms with Crippen LogP contribution >= 0.6 is 11.6 Å². The van der Waals surface area contributed by atoms with E-state index in [0.717, 1.165) is 11.9 Å². The fourth-order valence-corrected chi connectivity index (χ4v) is 1.09. The molecule has 0 aromatic rings. The van der Waals surface area contributed by atoms with Crippen LogP contribution in [0.25, 0.3) is 0 Å². The molecule has 0 saturated heterocycles. The van der Waals surface area contributed by atoms with E-state index >= 15 is 0 Å². The van der Waals surface area contributed by atoms with Crippen molar-refractivity contribution < 1.29 is 4.79 Å². The van der Waals surface area contributed by atoms with Crippen LogP contribution in [-0.2, 0) is 4.79 Å². The van der Waals surface area contributed by atoms with E-state index < -0.39 is 0 Å². The maximum absolute atomic E-state index is 10.3. The largest absolute Gasteiger partial charge is 0.302 e. The number of carbonyl (C=O) groups is 1. The number of rotatable bonds is 1.